The quantitative estimate of drug-likeness (QED) is 0.658. The number of nitrogens with two attached hydrogens (primary N) is 1. The average Bonchev–Trinajstić information content (AvgIpc) is 2.77. The highest BCUT2D eigenvalue weighted by Crippen LogP contribution is 2.29. The zero-order valence-electron chi connectivity index (χ0n) is 11.1. The molecule has 0 aliphatic rings. The van der Waals surface area contributed by atoms with Gasteiger partial charge in [-0.25, -0.2) is 0 Å². The Labute approximate surface area is 112 Å². The summed E-state index contributed by atoms with van der Waals surface area (Å²) in [5.74, 6) is 5.67. The lowest BCUT2D eigenvalue weighted by Gasteiger charge is -2.24. The van der Waals surface area contributed by atoms with Crippen molar-refractivity contribution in [1.82, 2.24) is 5.43 Å². The molecule has 4 heteroatoms. The minimum Gasteiger partial charge on any atom is -0.374 e. The predicted molar refractivity (Wildman–Crippen MR) is 77.6 cm³/mol. The topological polar surface area (TPSA) is 47.3 Å². The standard InChI is InChI=1S/C14H20N2OS/c1-14(2,3)17-9-12(16-15)11-6-4-5-10-7-8-18-13(10)11/h4-8,12,16H,9,15H2,1-3H3. The zero-order valence-corrected chi connectivity index (χ0v) is 11.9. The van der Waals surface area contributed by atoms with Crippen LogP contribution < -0.4 is 11.3 Å². The molecule has 0 bridgehead atoms. The third kappa shape index (κ3) is 3.09. The van der Waals surface area contributed by atoms with E-state index < -0.39 is 0 Å². The van der Waals surface area contributed by atoms with Crippen molar-refractivity contribution in [2.45, 2.75) is 32.4 Å². The van der Waals surface area contributed by atoms with Crippen LogP contribution in [0, 0.1) is 0 Å². The highest BCUT2D eigenvalue weighted by molar-refractivity contribution is 7.17. The SMILES string of the molecule is CC(C)(C)OCC(NN)c1cccc2ccsc12. The van der Waals surface area contributed by atoms with Gasteiger partial charge in [-0.05, 0) is 43.2 Å². The van der Waals surface area contributed by atoms with E-state index in [0.717, 1.165) is 0 Å². The Balaban J connectivity index is 2.24. The number of benzene rings is 1. The molecule has 0 spiro atoms. The summed E-state index contributed by atoms with van der Waals surface area (Å²) in [4.78, 5) is 0. The number of nitrogens with one attached hydrogen (secondary N) is 1. The minimum absolute atomic E-state index is 0.0200. The summed E-state index contributed by atoms with van der Waals surface area (Å²) in [5, 5.41) is 3.36. The van der Waals surface area contributed by atoms with E-state index in [-0.39, 0.29) is 11.6 Å². The van der Waals surface area contributed by atoms with Crippen LogP contribution in [-0.2, 0) is 4.74 Å². The van der Waals surface area contributed by atoms with Gasteiger partial charge in [0.2, 0.25) is 0 Å². The number of ether oxygens (including phenoxy) is 1. The van der Waals surface area contributed by atoms with E-state index in [2.05, 4.69) is 35.1 Å². The summed E-state index contributed by atoms with van der Waals surface area (Å²) >= 11 is 1.74. The molecule has 0 aliphatic carbocycles. The van der Waals surface area contributed by atoms with Gasteiger partial charge in [0.25, 0.3) is 0 Å². The van der Waals surface area contributed by atoms with Gasteiger partial charge in [-0.15, -0.1) is 11.3 Å². The molecule has 1 heterocycles. The second-order valence-corrected chi connectivity index (χ2v) is 6.24. The second-order valence-electron chi connectivity index (χ2n) is 5.33. The molecule has 2 rings (SSSR count). The highest BCUT2D eigenvalue weighted by atomic mass is 32.1. The molecule has 18 heavy (non-hydrogen) atoms. The second kappa shape index (κ2) is 5.36. The average molecular weight is 264 g/mol. The van der Waals surface area contributed by atoms with Crippen molar-refractivity contribution >= 4 is 21.4 Å². The molecular formula is C14H20N2OS. The van der Waals surface area contributed by atoms with Crippen molar-refractivity contribution in [3.63, 3.8) is 0 Å². The Morgan fingerprint density at radius 3 is 2.78 bits per heavy atom. The van der Waals surface area contributed by atoms with E-state index in [9.17, 15) is 0 Å². The van der Waals surface area contributed by atoms with Gasteiger partial charge < -0.3 is 4.74 Å². The minimum atomic E-state index is -0.154. The first-order valence-corrected chi connectivity index (χ1v) is 6.95. The summed E-state index contributed by atoms with van der Waals surface area (Å²) in [7, 11) is 0. The van der Waals surface area contributed by atoms with Gasteiger partial charge in [-0.2, -0.15) is 0 Å². The maximum Gasteiger partial charge on any atom is 0.0708 e. The maximum atomic E-state index is 5.82. The summed E-state index contributed by atoms with van der Waals surface area (Å²) in [6, 6.07) is 8.43. The van der Waals surface area contributed by atoms with E-state index in [1.807, 2.05) is 20.8 Å². The van der Waals surface area contributed by atoms with Gasteiger partial charge in [-0.1, -0.05) is 18.2 Å². The Bertz CT molecular complexity index is 516. The fraction of sp³-hybridized carbons (Fsp3) is 0.429. The van der Waals surface area contributed by atoms with Crippen LogP contribution in [0.15, 0.2) is 29.6 Å². The van der Waals surface area contributed by atoms with E-state index in [1.54, 1.807) is 11.3 Å². The first-order chi connectivity index (χ1) is 8.51. The molecule has 1 unspecified atom stereocenters. The van der Waals surface area contributed by atoms with Crippen LogP contribution in [0.4, 0.5) is 0 Å². The molecule has 3 nitrogen and oxygen atoms in total. The van der Waals surface area contributed by atoms with Gasteiger partial charge >= 0.3 is 0 Å². The summed E-state index contributed by atoms with van der Waals surface area (Å²) in [6.45, 7) is 6.71. The molecule has 1 atom stereocenters. The fourth-order valence-corrected chi connectivity index (χ4v) is 2.82. The molecule has 2 aromatic rings. The molecule has 3 N–H and O–H groups in total. The van der Waals surface area contributed by atoms with Crippen molar-refractivity contribution in [3.05, 3.63) is 35.2 Å². The number of fused-ring (bicyclic) bond motifs is 1. The van der Waals surface area contributed by atoms with Gasteiger partial charge in [0.1, 0.15) is 0 Å². The molecule has 98 valence electrons. The van der Waals surface area contributed by atoms with Crippen molar-refractivity contribution in [3.8, 4) is 0 Å². The summed E-state index contributed by atoms with van der Waals surface area (Å²) < 4.78 is 7.10. The zero-order chi connectivity index (χ0) is 13.2. The lowest BCUT2D eigenvalue weighted by Crippen LogP contribution is -2.34. The van der Waals surface area contributed by atoms with Crippen LogP contribution >= 0.6 is 11.3 Å². The number of rotatable bonds is 4. The maximum absolute atomic E-state index is 5.82. The molecule has 0 radical (unpaired) electrons. The largest absolute Gasteiger partial charge is 0.374 e. The van der Waals surface area contributed by atoms with Gasteiger partial charge in [0.05, 0.1) is 18.2 Å². The molecule has 1 aromatic heterocycles. The molecule has 0 saturated heterocycles. The van der Waals surface area contributed by atoms with Crippen LogP contribution in [0.3, 0.4) is 0 Å². The van der Waals surface area contributed by atoms with E-state index >= 15 is 0 Å². The first kappa shape index (κ1) is 13.5. The highest BCUT2D eigenvalue weighted by Gasteiger charge is 2.18. The molecule has 1 aromatic carbocycles. The fourth-order valence-electron chi connectivity index (χ4n) is 1.85. The Morgan fingerprint density at radius 1 is 1.33 bits per heavy atom. The monoisotopic (exact) mass is 264 g/mol. The molecule has 0 aliphatic heterocycles. The van der Waals surface area contributed by atoms with Gasteiger partial charge in [-0.3, -0.25) is 11.3 Å². The third-order valence-corrected chi connectivity index (χ3v) is 3.75. The van der Waals surface area contributed by atoms with Crippen molar-refractivity contribution in [2.24, 2.45) is 5.84 Å². The van der Waals surface area contributed by atoms with Crippen LogP contribution in [0.5, 0.6) is 0 Å². The molecule has 0 amide bonds. The smallest absolute Gasteiger partial charge is 0.0708 e. The lowest BCUT2D eigenvalue weighted by atomic mass is 10.1. The molecular weight excluding hydrogens is 244 g/mol. The number of hydrogen-bond acceptors (Lipinski definition) is 4. The Morgan fingerprint density at radius 2 is 2.11 bits per heavy atom. The summed E-state index contributed by atoms with van der Waals surface area (Å²) in [5.41, 5.74) is 3.90. The molecule has 0 fully saturated rings. The Kier molecular flexibility index (Phi) is 4.02. The number of hydrogen-bond donors (Lipinski definition) is 2. The Hall–Kier alpha value is -0.940. The van der Waals surface area contributed by atoms with Crippen molar-refractivity contribution in [2.75, 3.05) is 6.61 Å². The predicted octanol–water partition coefficient (Wildman–Crippen LogP) is 3.22. The lowest BCUT2D eigenvalue weighted by molar-refractivity contribution is -0.0146. The van der Waals surface area contributed by atoms with Crippen molar-refractivity contribution in [1.29, 1.82) is 0 Å². The van der Waals surface area contributed by atoms with Crippen LogP contribution in [-0.4, -0.2) is 12.2 Å². The van der Waals surface area contributed by atoms with Crippen molar-refractivity contribution < 1.29 is 4.74 Å². The third-order valence-electron chi connectivity index (χ3n) is 2.77. The normalized spacial score (nSPS) is 14.0. The van der Waals surface area contributed by atoms with Gasteiger partial charge in [0.15, 0.2) is 0 Å². The van der Waals surface area contributed by atoms with Crippen LogP contribution in [0.1, 0.15) is 32.4 Å². The van der Waals surface area contributed by atoms with E-state index in [0.29, 0.717) is 6.61 Å². The number of thiophene rings is 1. The number of hydrazine groups is 1. The van der Waals surface area contributed by atoms with Crippen LogP contribution in [0.25, 0.3) is 10.1 Å². The van der Waals surface area contributed by atoms with E-state index in [4.69, 9.17) is 10.6 Å². The van der Waals surface area contributed by atoms with E-state index in [1.165, 1.54) is 15.6 Å². The van der Waals surface area contributed by atoms with Gasteiger partial charge in [0, 0.05) is 4.70 Å². The summed E-state index contributed by atoms with van der Waals surface area (Å²) in [6.07, 6.45) is 0. The van der Waals surface area contributed by atoms with Crippen LogP contribution in [0.2, 0.25) is 0 Å². The molecule has 0 saturated carbocycles. The first-order valence-electron chi connectivity index (χ1n) is 6.07.